The van der Waals surface area contributed by atoms with E-state index in [0.717, 1.165) is 10.1 Å². The molecule has 15 heteroatoms. The maximum Gasteiger partial charge on any atom is 0.251 e. The third-order valence-corrected chi connectivity index (χ3v) is 8.10. The van der Waals surface area contributed by atoms with Crippen molar-refractivity contribution in [1.29, 1.82) is 0 Å². The molecule has 0 aliphatic carbocycles. The van der Waals surface area contributed by atoms with Gasteiger partial charge in [-0.05, 0) is 36.1 Å². The second-order valence-electron chi connectivity index (χ2n) is 7.83. The molecule has 2 aromatic heterocycles. The number of carbonyl (C=O) groups excluding carboxylic acids is 2. The molecule has 210 valence electrons. The maximum absolute atomic E-state index is 12.9. The number of rotatable bonds is 13. The number of hydrogen-bond donors (Lipinski definition) is 2. The van der Waals surface area contributed by atoms with Gasteiger partial charge in [-0.3, -0.25) is 19.5 Å². The van der Waals surface area contributed by atoms with E-state index in [1.165, 1.54) is 30.2 Å². The molecule has 2 amide bonds. The number of anilines is 1. The zero-order chi connectivity index (χ0) is 28.5. The van der Waals surface area contributed by atoms with Gasteiger partial charge in [0.2, 0.25) is 11.0 Å². The fourth-order valence-electron chi connectivity index (χ4n) is 3.47. The van der Waals surface area contributed by atoms with Gasteiger partial charge in [-0.2, -0.15) is 0 Å². The van der Waals surface area contributed by atoms with E-state index in [1.807, 2.05) is 6.92 Å². The number of amides is 2. The molecule has 2 N–H and O–H groups in total. The van der Waals surface area contributed by atoms with E-state index in [1.54, 1.807) is 73.0 Å². The molecule has 2 heterocycles. The molecule has 0 radical (unpaired) electrons. The van der Waals surface area contributed by atoms with Gasteiger partial charge in [0.1, 0.15) is 17.2 Å². The second-order valence-corrected chi connectivity index (χ2v) is 11.3. The quantitative estimate of drug-likeness (QED) is 0.170. The van der Waals surface area contributed by atoms with Crippen LogP contribution >= 0.6 is 34.9 Å². The lowest BCUT2D eigenvalue weighted by molar-refractivity contribution is -0.113. The topological polar surface area (TPSA) is 142 Å². The monoisotopic (exact) mass is 601 g/mol. The van der Waals surface area contributed by atoms with Crippen LogP contribution in [-0.4, -0.2) is 69.6 Å². The molecule has 2 aromatic carbocycles. The predicted octanol–water partition coefficient (Wildman–Crippen LogP) is 3.92. The van der Waals surface area contributed by atoms with Crippen LogP contribution in [0.3, 0.4) is 0 Å². The number of nitrogens with zero attached hydrogens (tertiary/aromatic N) is 5. The van der Waals surface area contributed by atoms with Crippen molar-refractivity contribution < 1.29 is 23.8 Å². The molecule has 0 saturated heterocycles. The Morgan fingerprint density at radius 2 is 1.75 bits per heavy atom. The van der Waals surface area contributed by atoms with Crippen molar-refractivity contribution in [3.05, 3.63) is 53.9 Å². The smallest absolute Gasteiger partial charge is 0.251 e. The lowest BCUT2D eigenvalue weighted by Crippen LogP contribution is -2.24. The number of ether oxygens (including phenoxy) is 3. The standard InChI is InChI=1S/C25H27N7O5S3/c1-5-38-25-31-29-23(40-25)27-21(33)14-39-24-30-28-20(13-26-22(34)15-7-6-8-16(11-15)35-2)32(24)18-12-17(36-3)9-10-19(18)37-4/h6-12H,5,13-14H2,1-4H3,(H,26,34)(H,27,29,33). The Labute approximate surface area is 243 Å². The predicted molar refractivity (Wildman–Crippen MR) is 154 cm³/mol. The van der Waals surface area contributed by atoms with Crippen molar-refractivity contribution >= 4 is 51.8 Å². The number of carbonyl (C=O) groups is 2. The SMILES string of the molecule is CCSc1nnc(NC(=O)CSc2nnc(CNC(=O)c3cccc(OC)c3)n2-c2cc(OC)ccc2OC)s1. The molecule has 12 nitrogen and oxygen atoms in total. The fourth-order valence-corrected chi connectivity index (χ4v) is 5.90. The van der Waals surface area contributed by atoms with Gasteiger partial charge < -0.3 is 19.5 Å². The van der Waals surface area contributed by atoms with Gasteiger partial charge in [0, 0.05) is 11.6 Å². The zero-order valence-corrected chi connectivity index (χ0v) is 24.6. The van der Waals surface area contributed by atoms with E-state index in [0.29, 0.717) is 44.6 Å². The number of thioether (sulfide) groups is 2. The minimum atomic E-state index is -0.308. The molecule has 0 aliphatic rings. The first-order valence-electron chi connectivity index (χ1n) is 11.9. The van der Waals surface area contributed by atoms with Gasteiger partial charge in [-0.15, -0.1) is 20.4 Å². The number of hydrogen-bond acceptors (Lipinski definition) is 12. The largest absolute Gasteiger partial charge is 0.497 e. The maximum atomic E-state index is 12.9. The van der Waals surface area contributed by atoms with Crippen LogP contribution in [0, 0.1) is 0 Å². The highest BCUT2D eigenvalue weighted by Crippen LogP contribution is 2.32. The summed E-state index contributed by atoms with van der Waals surface area (Å²) in [7, 11) is 4.65. The van der Waals surface area contributed by atoms with Crippen LogP contribution in [0.2, 0.25) is 0 Å². The van der Waals surface area contributed by atoms with Crippen molar-refractivity contribution in [1.82, 2.24) is 30.3 Å². The molecule has 0 fully saturated rings. The zero-order valence-electron chi connectivity index (χ0n) is 22.2. The minimum Gasteiger partial charge on any atom is -0.497 e. The molecule has 40 heavy (non-hydrogen) atoms. The van der Waals surface area contributed by atoms with Gasteiger partial charge in [0.05, 0.1) is 39.3 Å². The van der Waals surface area contributed by atoms with E-state index < -0.39 is 0 Å². The summed E-state index contributed by atoms with van der Waals surface area (Å²) < 4.78 is 18.7. The first-order valence-corrected chi connectivity index (χ1v) is 14.7. The van der Waals surface area contributed by atoms with Crippen LogP contribution < -0.4 is 24.8 Å². The van der Waals surface area contributed by atoms with Crippen molar-refractivity contribution in [2.24, 2.45) is 0 Å². The number of benzene rings is 2. The summed E-state index contributed by atoms with van der Waals surface area (Å²) >= 11 is 4.05. The Bertz CT molecular complexity index is 1480. The summed E-state index contributed by atoms with van der Waals surface area (Å²) in [5.74, 6) is 2.44. The minimum absolute atomic E-state index is 0.0381. The summed E-state index contributed by atoms with van der Waals surface area (Å²) in [5, 5.41) is 23.2. The van der Waals surface area contributed by atoms with E-state index in [9.17, 15) is 9.59 Å². The van der Waals surface area contributed by atoms with Gasteiger partial charge in [0.15, 0.2) is 15.3 Å². The lowest BCUT2D eigenvalue weighted by atomic mass is 10.2. The highest BCUT2D eigenvalue weighted by Gasteiger charge is 2.21. The molecular weight excluding hydrogens is 575 g/mol. The van der Waals surface area contributed by atoms with E-state index in [2.05, 4.69) is 31.0 Å². The Balaban J connectivity index is 1.56. The Morgan fingerprint density at radius 1 is 0.950 bits per heavy atom. The van der Waals surface area contributed by atoms with Crippen LogP contribution in [0.15, 0.2) is 52.0 Å². The number of methoxy groups -OCH3 is 3. The molecule has 0 saturated carbocycles. The summed E-state index contributed by atoms with van der Waals surface area (Å²) in [6, 6.07) is 12.1. The third-order valence-electron chi connectivity index (χ3n) is 5.32. The average molecular weight is 602 g/mol. The Morgan fingerprint density at radius 3 is 2.50 bits per heavy atom. The van der Waals surface area contributed by atoms with Crippen LogP contribution in [0.4, 0.5) is 5.13 Å². The molecule has 4 rings (SSSR count). The van der Waals surface area contributed by atoms with Crippen LogP contribution in [-0.2, 0) is 11.3 Å². The molecular formula is C25H27N7O5S3. The lowest BCUT2D eigenvalue weighted by Gasteiger charge is -2.15. The van der Waals surface area contributed by atoms with Gasteiger partial charge in [0.25, 0.3) is 5.91 Å². The Hall–Kier alpha value is -3.82. The number of nitrogens with one attached hydrogen (secondary N) is 2. The van der Waals surface area contributed by atoms with Crippen molar-refractivity contribution in [3.63, 3.8) is 0 Å². The van der Waals surface area contributed by atoms with E-state index >= 15 is 0 Å². The molecule has 4 aromatic rings. The van der Waals surface area contributed by atoms with Crippen LogP contribution in [0.25, 0.3) is 5.69 Å². The van der Waals surface area contributed by atoms with Gasteiger partial charge in [-0.1, -0.05) is 47.9 Å². The van der Waals surface area contributed by atoms with Crippen molar-refractivity contribution in [2.45, 2.75) is 23.0 Å². The normalized spacial score (nSPS) is 10.7. The molecule has 0 spiro atoms. The Kier molecular flexibility index (Phi) is 10.2. The summed E-state index contributed by atoms with van der Waals surface area (Å²) in [6.07, 6.45) is 0. The molecule has 0 bridgehead atoms. The summed E-state index contributed by atoms with van der Waals surface area (Å²) in [5.41, 5.74) is 1.03. The van der Waals surface area contributed by atoms with E-state index in [4.69, 9.17) is 14.2 Å². The first-order chi connectivity index (χ1) is 19.4. The summed E-state index contributed by atoms with van der Waals surface area (Å²) in [6.45, 7) is 2.08. The fraction of sp³-hybridized carbons (Fsp3) is 0.280. The highest BCUT2D eigenvalue weighted by molar-refractivity contribution is 8.01. The number of aromatic nitrogens is 5. The van der Waals surface area contributed by atoms with Crippen LogP contribution in [0.1, 0.15) is 23.1 Å². The molecule has 0 unspecified atom stereocenters. The van der Waals surface area contributed by atoms with Gasteiger partial charge >= 0.3 is 0 Å². The van der Waals surface area contributed by atoms with Crippen molar-refractivity contribution in [2.75, 3.05) is 38.2 Å². The average Bonchev–Trinajstić information content (AvgIpc) is 3.60. The van der Waals surface area contributed by atoms with E-state index in [-0.39, 0.29) is 24.1 Å². The first kappa shape index (κ1) is 29.2. The molecule has 0 aliphatic heterocycles. The second kappa shape index (κ2) is 14.0. The summed E-state index contributed by atoms with van der Waals surface area (Å²) in [4.78, 5) is 25.5. The van der Waals surface area contributed by atoms with Gasteiger partial charge in [-0.25, -0.2) is 0 Å². The highest BCUT2D eigenvalue weighted by atomic mass is 32.2. The third kappa shape index (κ3) is 7.22. The van der Waals surface area contributed by atoms with Crippen molar-refractivity contribution in [3.8, 4) is 22.9 Å². The molecule has 0 atom stereocenters. The van der Waals surface area contributed by atoms with Crippen LogP contribution in [0.5, 0.6) is 17.2 Å².